The first-order chi connectivity index (χ1) is 12.2. The molecule has 2 atom stereocenters. The number of carbonyl (C=O) groups is 1. The van der Waals surface area contributed by atoms with E-state index in [1.165, 1.54) is 18.4 Å². The van der Waals surface area contributed by atoms with Crippen LogP contribution in [0.4, 0.5) is 0 Å². The van der Waals surface area contributed by atoms with E-state index in [4.69, 9.17) is 9.26 Å². The lowest BCUT2D eigenvalue weighted by molar-refractivity contribution is 0.0731. The zero-order valence-electron chi connectivity index (χ0n) is 14.4. The van der Waals surface area contributed by atoms with Crippen LogP contribution in [0.1, 0.15) is 40.6 Å². The van der Waals surface area contributed by atoms with Gasteiger partial charge in [0.05, 0.1) is 6.61 Å². The van der Waals surface area contributed by atoms with E-state index in [0.29, 0.717) is 31.2 Å². The molecule has 2 fully saturated rings. The van der Waals surface area contributed by atoms with Gasteiger partial charge in [-0.1, -0.05) is 5.16 Å². The Morgan fingerprint density at radius 2 is 2.08 bits per heavy atom. The molecule has 4 rings (SSSR count). The Kier molecular flexibility index (Phi) is 4.53. The molecule has 6 nitrogen and oxygen atoms in total. The van der Waals surface area contributed by atoms with E-state index in [1.807, 2.05) is 29.4 Å². The van der Waals surface area contributed by atoms with Crippen molar-refractivity contribution in [1.29, 1.82) is 0 Å². The number of rotatable bonds is 6. The van der Waals surface area contributed by atoms with Crippen LogP contribution in [0.15, 0.2) is 35.1 Å². The van der Waals surface area contributed by atoms with Crippen molar-refractivity contribution in [3.05, 3.63) is 47.6 Å². The molecule has 0 aromatic carbocycles. The Hall–Kier alpha value is -2.21. The molecule has 0 bridgehead atoms. The first kappa shape index (κ1) is 16.3. The highest BCUT2D eigenvalue weighted by Gasteiger charge is 2.37. The quantitative estimate of drug-likeness (QED) is 0.808. The minimum absolute atomic E-state index is 0.0689. The highest BCUT2D eigenvalue weighted by molar-refractivity contribution is 5.92. The second-order valence-electron chi connectivity index (χ2n) is 7.16. The number of hydrogen-bond donors (Lipinski definition) is 0. The van der Waals surface area contributed by atoms with Crippen LogP contribution < -0.4 is 0 Å². The van der Waals surface area contributed by atoms with Gasteiger partial charge in [0.15, 0.2) is 5.69 Å². The molecule has 25 heavy (non-hydrogen) atoms. The van der Waals surface area contributed by atoms with Gasteiger partial charge in [-0.3, -0.25) is 9.78 Å². The minimum Gasteiger partial charge on any atom is -0.381 e. The zero-order valence-corrected chi connectivity index (χ0v) is 14.4. The van der Waals surface area contributed by atoms with Crippen molar-refractivity contribution in [1.82, 2.24) is 15.0 Å². The number of aromatic nitrogens is 2. The van der Waals surface area contributed by atoms with Gasteiger partial charge in [0.1, 0.15) is 5.76 Å². The molecule has 2 aromatic rings. The van der Waals surface area contributed by atoms with E-state index in [1.54, 1.807) is 13.0 Å². The molecule has 2 aliphatic rings. The minimum atomic E-state index is -0.0689. The van der Waals surface area contributed by atoms with Gasteiger partial charge in [0.2, 0.25) is 0 Å². The second-order valence-corrected chi connectivity index (χ2v) is 7.16. The van der Waals surface area contributed by atoms with Crippen LogP contribution in [0.5, 0.6) is 0 Å². The summed E-state index contributed by atoms with van der Waals surface area (Å²) >= 11 is 0. The second kappa shape index (κ2) is 6.96. The van der Waals surface area contributed by atoms with E-state index in [9.17, 15) is 4.79 Å². The number of hydrogen-bond acceptors (Lipinski definition) is 5. The molecule has 1 saturated heterocycles. The highest BCUT2D eigenvalue weighted by Crippen LogP contribution is 2.34. The van der Waals surface area contributed by atoms with Gasteiger partial charge in [-0.15, -0.1) is 0 Å². The summed E-state index contributed by atoms with van der Waals surface area (Å²) in [6.07, 6.45) is 6.19. The van der Waals surface area contributed by atoms with Gasteiger partial charge < -0.3 is 14.2 Å². The lowest BCUT2D eigenvalue weighted by Crippen LogP contribution is -2.29. The Morgan fingerprint density at radius 1 is 1.28 bits per heavy atom. The molecule has 132 valence electrons. The van der Waals surface area contributed by atoms with Gasteiger partial charge in [0, 0.05) is 50.0 Å². The SMILES string of the molecule is Cc1cc(C(=O)N2C[C@@H](COCC3CC3)[C@H](c3ccncc3)C2)no1. The number of aryl methyl sites for hydroxylation is 1. The fraction of sp³-hybridized carbons (Fsp3) is 0.526. The molecule has 1 amide bonds. The fourth-order valence-corrected chi connectivity index (χ4v) is 3.49. The first-order valence-corrected chi connectivity index (χ1v) is 8.91. The third-order valence-corrected chi connectivity index (χ3v) is 5.09. The summed E-state index contributed by atoms with van der Waals surface area (Å²) in [4.78, 5) is 18.7. The molecule has 3 heterocycles. The maximum atomic E-state index is 12.7. The predicted octanol–water partition coefficient (Wildman–Crippen LogP) is 2.66. The topological polar surface area (TPSA) is 68.5 Å². The molecular weight excluding hydrogens is 318 g/mol. The molecule has 1 aliphatic heterocycles. The summed E-state index contributed by atoms with van der Waals surface area (Å²) in [5, 5.41) is 3.87. The number of nitrogens with zero attached hydrogens (tertiary/aromatic N) is 3. The zero-order chi connectivity index (χ0) is 17.2. The van der Waals surface area contributed by atoms with Crippen LogP contribution in [-0.4, -0.2) is 47.3 Å². The van der Waals surface area contributed by atoms with E-state index >= 15 is 0 Å². The molecule has 0 spiro atoms. The number of amides is 1. The summed E-state index contributed by atoms with van der Waals surface area (Å²) in [5.41, 5.74) is 1.59. The summed E-state index contributed by atoms with van der Waals surface area (Å²) in [6.45, 7) is 4.68. The number of likely N-dealkylation sites (tertiary alicyclic amines) is 1. The molecule has 0 radical (unpaired) electrons. The lowest BCUT2D eigenvalue weighted by atomic mass is 9.90. The standard InChI is InChI=1S/C19H23N3O3/c1-13-8-18(21-25-13)19(23)22-9-16(12-24-11-14-2-3-14)17(10-22)15-4-6-20-7-5-15/h4-8,14,16-17H,2-3,9-12H2,1H3/t16-,17-/m0/s1. The van der Waals surface area contributed by atoms with Gasteiger partial charge in [0.25, 0.3) is 5.91 Å². The molecule has 0 N–H and O–H groups in total. The van der Waals surface area contributed by atoms with Gasteiger partial charge >= 0.3 is 0 Å². The summed E-state index contributed by atoms with van der Waals surface area (Å²) in [5.74, 6) is 1.88. The van der Waals surface area contributed by atoms with E-state index in [-0.39, 0.29) is 17.7 Å². The van der Waals surface area contributed by atoms with Crippen LogP contribution in [-0.2, 0) is 4.74 Å². The Labute approximate surface area is 147 Å². The van der Waals surface area contributed by atoms with Crippen LogP contribution >= 0.6 is 0 Å². The predicted molar refractivity (Wildman–Crippen MR) is 91.2 cm³/mol. The third kappa shape index (κ3) is 3.74. The van der Waals surface area contributed by atoms with Crippen molar-refractivity contribution < 1.29 is 14.1 Å². The van der Waals surface area contributed by atoms with Crippen molar-refractivity contribution in [2.24, 2.45) is 11.8 Å². The maximum absolute atomic E-state index is 12.7. The van der Waals surface area contributed by atoms with Crippen molar-refractivity contribution >= 4 is 5.91 Å². The fourth-order valence-electron chi connectivity index (χ4n) is 3.49. The molecule has 0 unspecified atom stereocenters. The van der Waals surface area contributed by atoms with Crippen molar-refractivity contribution in [3.63, 3.8) is 0 Å². The largest absolute Gasteiger partial charge is 0.381 e. The third-order valence-electron chi connectivity index (χ3n) is 5.09. The average molecular weight is 341 g/mol. The summed E-state index contributed by atoms with van der Waals surface area (Å²) < 4.78 is 11.0. The van der Waals surface area contributed by atoms with Gasteiger partial charge in [-0.2, -0.15) is 0 Å². The molecule has 1 saturated carbocycles. The van der Waals surface area contributed by atoms with Gasteiger partial charge in [-0.25, -0.2) is 0 Å². The van der Waals surface area contributed by atoms with Crippen molar-refractivity contribution in [2.45, 2.75) is 25.7 Å². The van der Waals surface area contributed by atoms with Gasteiger partial charge in [-0.05, 0) is 43.4 Å². The highest BCUT2D eigenvalue weighted by atomic mass is 16.5. The van der Waals surface area contributed by atoms with Crippen LogP contribution in [0, 0.1) is 18.8 Å². The first-order valence-electron chi connectivity index (χ1n) is 8.91. The number of ether oxygens (including phenoxy) is 1. The molecule has 1 aliphatic carbocycles. The van der Waals surface area contributed by atoms with Crippen LogP contribution in [0.25, 0.3) is 0 Å². The molecule has 6 heteroatoms. The number of pyridine rings is 1. The Morgan fingerprint density at radius 3 is 2.76 bits per heavy atom. The lowest BCUT2D eigenvalue weighted by Gasteiger charge is -2.18. The number of carbonyl (C=O) groups excluding carboxylic acids is 1. The monoisotopic (exact) mass is 341 g/mol. The molecule has 2 aromatic heterocycles. The Balaban J connectivity index is 1.47. The summed E-state index contributed by atoms with van der Waals surface area (Å²) in [7, 11) is 0. The normalized spacial score (nSPS) is 23.2. The Bertz CT molecular complexity index is 727. The summed E-state index contributed by atoms with van der Waals surface area (Å²) in [6, 6.07) is 5.76. The van der Waals surface area contributed by atoms with E-state index in [0.717, 1.165) is 12.5 Å². The smallest absolute Gasteiger partial charge is 0.276 e. The van der Waals surface area contributed by atoms with E-state index in [2.05, 4.69) is 10.1 Å². The van der Waals surface area contributed by atoms with Crippen molar-refractivity contribution in [3.8, 4) is 0 Å². The average Bonchev–Trinajstić information content (AvgIpc) is 3.19. The van der Waals surface area contributed by atoms with E-state index < -0.39 is 0 Å². The van der Waals surface area contributed by atoms with Crippen LogP contribution in [0.2, 0.25) is 0 Å². The van der Waals surface area contributed by atoms with Crippen molar-refractivity contribution in [2.75, 3.05) is 26.3 Å². The maximum Gasteiger partial charge on any atom is 0.276 e. The molecular formula is C19H23N3O3. The van der Waals surface area contributed by atoms with Crippen LogP contribution in [0.3, 0.4) is 0 Å².